The lowest BCUT2D eigenvalue weighted by Gasteiger charge is -2.09. The number of carbonyl (C=O) groups is 1. The first-order valence-electron chi connectivity index (χ1n) is 6.23. The average Bonchev–Trinajstić information content (AvgIpc) is 3.13. The average molecular weight is 268 g/mol. The van der Waals surface area contributed by atoms with Gasteiger partial charge in [-0.25, -0.2) is 0 Å². The van der Waals surface area contributed by atoms with E-state index in [0.717, 1.165) is 24.9 Å². The number of anilines is 2. The number of nitrogens with one attached hydrogen (secondary N) is 2. The molecule has 0 aliphatic heterocycles. The van der Waals surface area contributed by atoms with Crippen LogP contribution < -0.4 is 16.4 Å². The number of amides is 1. The summed E-state index contributed by atoms with van der Waals surface area (Å²) in [5.74, 6) is 0.137. The normalized spacial score (nSPS) is 14.3. The molecule has 4 N–H and O–H groups in total. The predicted molar refractivity (Wildman–Crippen MR) is 74.8 cm³/mol. The molecule has 4 nitrogen and oxygen atoms in total. The maximum atomic E-state index is 11.4. The van der Waals surface area contributed by atoms with Gasteiger partial charge < -0.3 is 16.4 Å². The predicted octanol–water partition coefficient (Wildman–Crippen LogP) is 2.39. The molecule has 1 saturated carbocycles. The number of hydrogen-bond acceptors (Lipinski definition) is 3. The molecule has 0 spiro atoms. The van der Waals surface area contributed by atoms with Crippen molar-refractivity contribution in [3.63, 3.8) is 0 Å². The summed E-state index contributed by atoms with van der Waals surface area (Å²) in [4.78, 5) is 11.4. The number of halogens is 1. The summed E-state index contributed by atoms with van der Waals surface area (Å²) in [6.07, 6.45) is 3.58. The molecule has 1 amide bonds. The van der Waals surface area contributed by atoms with Gasteiger partial charge in [-0.1, -0.05) is 11.6 Å². The van der Waals surface area contributed by atoms with Gasteiger partial charge in [0.25, 0.3) is 0 Å². The highest BCUT2D eigenvalue weighted by Crippen LogP contribution is 2.23. The Morgan fingerprint density at radius 1 is 1.44 bits per heavy atom. The SMILES string of the molecule is Nc1ccc(Cl)cc1NCCCC(=O)NC1CC1. The zero-order valence-electron chi connectivity index (χ0n) is 10.2. The minimum Gasteiger partial charge on any atom is -0.397 e. The maximum Gasteiger partial charge on any atom is 0.220 e. The van der Waals surface area contributed by atoms with E-state index in [2.05, 4.69) is 10.6 Å². The number of carbonyl (C=O) groups excluding carboxylic acids is 1. The summed E-state index contributed by atoms with van der Waals surface area (Å²) in [6.45, 7) is 0.711. The van der Waals surface area contributed by atoms with Crippen molar-refractivity contribution in [2.75, 3.05) is 17.6 Å². The second-order valence-corrected chi connectivity index (χ2v) is 5.04. The van der Waals surface area contributed by atoms with Crippen LogP contribution in [0.15, 0.2) is 18.2 Å². The molecule has 98 valence electrons. The van der Waals surface area contributed by atoms with E-state index in [9.17, 15) is 4.79 Å². The highest BCUT2D eigenvalue weighted by atomic mass is 35.5. The van der Waals surface area contributed by atoms with Gasteiger partial charge in [0.1, 0.15) is 0 Å². The van der Waals surface area contributed by atoms with Crippen LogP contribution in [0.25, 0.3) is 0 Å². The van der Waals surface area contributed by atoms with E-state index in [1.54, 1.807) is 18.2 Å². The summed E-state index contributed by atoms with van der Waals surface area (Å²) in [7, 11) is 0. The topological polar surface area (TPSA) is 67.1 Å². The fourth-order valence-electron chi connectivity index (χ4n) is 1.68. The molecule has 1 fully saturated rings. The van der Waals surface area contributed by atoms with Gasteiger partial charge >= 0.3 is 0 Å². The fourth-order valence-corrected chi connectivity index (χ4v) is 1.85. The number of nitrogen functional groups attached to an aromatic ring is 1. The number of hydrogen-bond donors (Lipinski definition) is 3. The van der Waals surface area contributed by atoms with Crippen LogP contribution in [0.2, 0.25) is 5.02 Å². The molecule has 1 aliphatic rings. The molecule has 0 saturated heterocycles. The van der Waals surface area contributed by atoms with Crippen molar-refractivity contribution in [3.8, 4) is 0 Å². The fraction of sp³-hybridized carbons (Fsp3) is 0.462. The highest BCUT2D eigenvalue weighted by Gasteiger charge is 2.22. The largest absolute Gasteiger partial charge is 0.397 e. The Labute approximate surface area is 112 Å². The van der Waals surface area contributed by atoms with E-state index in [1.807, 2.05) is 0 Å². The van der Waals surface area contributed by atoms with Crippen molar-refractivity contribution >= 4 is 28.9 Å². The van der Waals surface area contributed by atoms with E-state index < -0.39 is 0 Å². The molecule has 0 aromatic heterocycles. The molecule has 2 rings (SSSR count). The smallest absolute Gasteiger partial charge is 0.220 e. The van der Waals surface area contributed by atoms with Crippen LogP contribution in [0.3, 0.4) is 0 Å². The Hall–Kier alpha value is -1.42. The van der Waals surface area contributed by atoms with Gasteiger partial charge in [-0.2, -0.15) is 0 Å². The van der Waals surface area contributed by atoms with E-state index in [1.165, 1.54) is 0 Å². The second kappa shape index (κ2) is 5.96. The minimum absolute atomic E-state index is 0.137. The molecule has 0 radical (unpaired) electrons. The van der Waals surface area contributed by atoms with Crippen LogP contribution in [0.5, 0.6) is 0 Å². The number of nitrogens with two attached hydrogens (primary N) is 1. The van der Waals surface area contributed by atoms with Crippen LogP contribution in [-0.4, -0.2) is 18.5 Å². The Morgan fingerprint density at radius 2 is 2.22 bits per heavy atom. The van der Waals surface area contributed by atoms with E-state index in [4.69, 9.17) is 17.3 Å². The first-order chi connectivity index (χ1) is 8.65. The van der Waals surface area contributed by atoms with Gasteiger partial charge in [-0.05, 0) is 37.5 Å². The molecule has 5 heteroatoms. The lowest BCUT2D eigenvalue weighted by Crippen LogP contribution is -2.25. The quantitative estimate of drug-likeness (QED) is 0.548. The maximum absolute atomic E-state index is 11.4. The Morgan fingerprint density at radius 3 is 2.94 bits per heavy atom. The first-order valence-corrected chi connectivity index (χ1v) is 6.61. The molecular formula is C13H18ClN3O. The van der Waals surface area contributed by atoms with Crippen molar-refractivity contribution in [2.45, 2.75) is 31.7 Å². The zero-order valence-corrected chi connectivity index (χ0v) is 11.0. The molecule has 0 bridgehead atoms. The van der Waals surface area contributed by atoms with Crippen molar-refractivity contribution in [2.24, 2.45) is 0 Å². The molecule has 1 aromatic rings. The van der Waals surface area contributed by atoms with E-state index in [-0.39, 0.29) is 5.91 Å². The van der Waals surface area contributed by atoms with Gasteiger partial charge in [0.15, 0.2) is 0 Å². The summed E-state index contributed by atoms with van der Waals surface area (Å²) in [5, 5.41) is 6.80. The second-order valence-electron chi connectivity index (χ2n) is 4.60. The molecule has 1 aliphatic carbocycles. The van der Waals surface area contributed by atoms with Crippen molar-refractivity contribution in [3.05, 3.63) is 23.2 Å². The van der Waals surface area contributed by atoms with Crippen LogP contribution in [0, 0.1) is 0 Å². The summed E-state index contributed by atoms with van der Waals surface area (Å²) >= 11 is 5.88. The Kier molecular flexibility index (Phi) is 4.31. The Bertz CT molecular complexity index is 432. The van der Waals surface area contributed by atoms with Gasteiger partial charge in [0, 0.05) is 24.0 Å². The monoisotopic (exact) mass is 267 g/mol. The lowest BCUT2D eigenvalue weighted by atomic mass is 10.2. The summed E-state index contributed by atoms with van der Waals surface area (Å²) < 4.78 is 0. The van der Waals surface area contributed by atoms with Crippen molar-refractivity contribution < 1.29 is 4.79 Å². The summed E-state index contributed by atoms with van der Waals surface area (Å²) in [5.41, 5.74) is 7.30. The van der Waals surface area contributed by atoms with Gasteiger partial charge in [-0.3, -0.25) is 4.79 Å². The number of benzene rings is 1. The zero-order chi connectivity index (χ0) is 13.0. The molecular weight excluding hydrogens is 250 g/mol. The van der Waals surface area contributed by atoms with Crippen LogP contribution in [0.1, 0.15) is 25.7 Å². The van der Waals surface area contributed by atoms with Crippen LogP contribution in [-0.2, 0) is 4.79 Å². The third-order valence-corrected chi connectivity index (χ3v) is 3.09. The molecule has 0 unspecified atom stereocenters. The molecule has 0 heterocycles. The van der Waals surface area contributed by atoms with Gasteiger partial charge in [0.2, 0.25) is 5.91 Å². The van der Waals surface area contributed by atoms with E-state index in [0.29, 0.717) is 29.7 Å². The van der Waals surface area contributed by atoms with Gasteiger partial charge in [-0.15, -0.1) is 0 Å². The Balaban J connectivity index is 1.67. The van der Waals surface area contributed by atoms with Gasteiger partial charge in [0.05, 0.1) is 11.4 Å². The number of rotatable bonds is 6. The van der Waals surface area contributed by atoms with E-state index >= 15 is 0 Å². The summed E-state index contributed by atoms with van der Waals surface area (Å²) in [6, 6.07) is 5.76. The van der Waals surface area contributed by atoms with Crippen molar-refractivity contribution in [1.82, 2.24) is 5.32 Å². The van der Waals surface area contributed by atoms with Crippen molar-refractivity contribution in [1.29, 1.82) is 0 Å². The first kappa shape index (κ1) is 13.0. The third-order valence-electron chi connectivity index (χ3n) is 2.85. The molecule has 18 heavy (non-hydrogen) atoms. The molecule has 0 atom stereocenters. The molecule has 1 aromatic carbocycles. The minimum atomic E-state index is 0.137. The third kappa shape index (κ3) is 4.11. The highest BCUT2D eigenvalue weighted by molar-refractivity contribution is 6.31. The standard InChI is InChI=1S/C13H18ClN3O/c14-9-3-6-11(15)12(8-9)16-7-1-2-13(18)17-10-4-5-10/h3,6,8,10,16H,1-2,4-5,7,15H2,(H,17,18). The van der Waals surface area contributed by atoms with Crippen LogP contribution in [0.4, 0.5) is 11.4 Å². The lowest BCUT2D eigenvalue weighted by molar-refractivity contribution is -0.121. The van der Waals surface area contributed by atoms with Crippen LogP contribution >= 0.6 is 11.6 Å².